The Bertz CT molecular complexity index is 644. The summed E-state index contributed by atoms with van der Waals surface area (Å²) in [5, 5.41) is 0. The van der Waals surface area contributed by atoms with E-state index in [0.29, 0.717) is 24.5 Å². The summed E-state index contributed by atoms with van der Waals surface area (Å²) in [6.07, 6.45) is 0.215. The summed E-state index contributed by atoms with van der Waals surface area (Å²) in [5.74, 6) is 1.51. The predicted octanol–water partition coefficient (Wildman–Crippen LogP) is 3.08. The quantitative estimate of drug-likeness (QED) is 0.446. The van der Waals surface area contributed by atoms with Gasteiger partial charge < -0.3 is 18.9 Å². The average Bonchev–Trinajstić information content (AvgIpc) is 3.39. The van der Waals surface area contributed by atoms with Gasteiger partial charge in [0.25, 0.3) is 0 Å². The number of rotatable bonds is 7. The molecule has 23 heavy (non-hydrogen) atoms. The molecular formula is C18H18O5. The number of carbonyl (C=O) groups excluding carboxylic acids is 1. The summed E-state index contributed by atoms with van der Waals surface area (Å²) < 4.78 is 21.3. The molecule has 120 valence electrons. The molecule has 3 rings (SSSR count). The molecule has 1 aliphatic rings. The molecular weight excluding hydrogens is 296 g/mol. The molecule has 2 aromatic carbocycles. The van der Waals surface area contributed by atoms with Gasteiger partial charge in [-0.2, -0.15) is 0 Å². The van der Waals surface area contributed by atoms with E-state index in [1.807, 2.05) is 6.92 Å². The molecule has 0 radical (unpaired) electrons. The van der Waals surface area contributed by atoms with Crippen LogP contribution in [0.1, 0.15) is 17.3 Å². The van der Waals surface area contributed by atoms with E-state index in [0.717, 1.165) is 18.1 Å². The Morgan fingerprint density at radius 3 is 2.17 bits per heavy atom. The van der Waals surface area contributed by atoms with Crippen LogP contribution in [0.2, 0.25) is 0 Å². The number of hydrogen-bond acceptors (Lipinski definition) is 5. The summed E-state index contributed by atoms with van der Waals surface area (Å²) in [6, 6.07) is 13.8. The highest BCUT2D eigenvalue weighted by atomic mass is 16.6. The Morgan fingerprint density at radius 2 is 1.57 bits per heavy atom. The molecule has 1 unspecified atom stereocenters. The minimum Gasteiger partial charge on any atom is -0.494 e. The molecule has 1 atom stereocenters. The van der Waals surface area contributed by atoms with Crippen molar-refractivity contribution in [1.29, 1.82) is 0 Å². The fourth-order valence-electron chi connectivity index (χ4n) is 1.98. The van der Waals surface area contributed by atoms with Crippen LogP contribution in [0.3, 0.4) is 0 Å². The number of epoxide rings is 1. The molecule has 0 N–H and O–H groups in total. The molecule has 0 amide bonds. The lowest BCUT2D eigenvalue weighted by Gasteiger charge is -2.07. The highest BCUT2D eigenvalue weighted by Crippen LogP contribution is 2.21. The van der Waals surface area contributed by atoms with Gasteiger partial charge in [0.2, 0.25) is 0 Å². The second-order valence-corrected chi connectivity index (χ2v) is 5.08. The number of carbonyl (C=O) groups is 1. The van der Waals surface area contributed by atoms with Crippen molar-refractivity contribution in [2.45, 2.75) is 13.0 Å². The van der Waals surface area contributed by atoms with Gasteiger partial charge in [-0.1, -0.05) is 0 Å². The van der Waals surface area contributed by atoms with Crippen LogP contribution in [0.25, 0.3) is 0 Å². The molecule has 5 nitrogen and oxygen atoms in total. The molecule has 1 fully saturated rings. The Morgan fingerprint density at radius 1 is 1.00 bits per heavy atom. The van der Waals surface area contributed by atoms with Crippen molar-refractivity contribution in [3.63, 3.8) is 0 Å². The van der Waals surface area contributed by atoms with Crippen LogP contribution in [0.5, 0.6) is 17.2 Å². The van der Waals surface area contributed by atoms with Crippen LogP contribution >= 0.6 is 0 Å². The zero-order chi connectivity index (χ0) is 16.1. The molecule has 1 saturated heterocycles. The summed E-state index contributed by atoms with van der Waals surface area (Å²) in [5.41, 5.74) is 0.472. The van der Waals surface area contributed by atoms with E-state index in [4.69, 9.17) is 18.9 Å². The van der Waals surface area contributed by atoms with Gasteiger partial charge in [0, 0.05) is 0 Å². The normalized spacial score (nSPS) is 15.8. The number of esters is 1. The van der Waals surface area contributed by atoms with E-state index in [9.17, 15) is 4.79 Å². The van der Waals surface area contributed by atoms with E-state index in [1.165, 1.54) is 0 Å². The topological polar surface area (TPSA) is 57.3 Å². The van der Waals surface area contributed by atoms with E-state index in [2.05, 4.69) is 0 Å². The second kappa shape index (κ2) is 7.15. The summed E-state index contributed by atoms with van der Waals surface area (Å²) in [6.45, 7) is 3.81. The molecule has 1 aliphatic heterocycles. The third kappa shape index (κ3) is 4.47. The lowest BCUT2D eigenvalue weighted by Crippen LogP contribution is -2.08. The van der Waals surface area contributed by atoms with E-state index in [-0.39, 0.29) is 6.10 Å². The monoisotopic (exact) mass is 314 g/mol. The molecule has 5 heteroatoms. The maximum atomic E-state index is 12.1. The van der Waals surface area contributed by atoms with Crippen LogP contribution in [0, 0.1) is 0 Å². The number of ether oxygens (including phenoxy) is 4. The first-order valence-electron chi connectivity index (χ1n) is 7.54. The minimum absolute atomic E-state index is 0.215. The molecule has 0 saturated carbocycles. The van der Waals surface area contributed by atoms with Crippen molar-refractivity contribution in [3.8, 4) is 17.2 Å². The van der Waals surface area contributed by atoms with Crippen molar-refractivity contribution in [3.05, 3.63) is 54.1 Å². The van der Waals surface area contributed by atoms with Crippen molar-refractivity contribution in [2.75, 3.05) is 19.8 Å². The maximum Gasteiger partial charge on any atom is 0.343 e. The summed E-state index contributed by atoms with van der Waals surface area (Å²) in [7, 11) is 0. The number of benzene rings is 2. The Balaban J connectivity index is 1.55. The zero-order valence-electron chi connectivity index (χ0n) is 12.9. The minimum atomic E-state index is -0.409. The smallest absolute Gasteiger partial charge is 0.343 e. The molecule has 0 aromatic heterocycles. The fraction of sp³-hybridized carbons (Fsp3) is 0.278. The van der Waals surface area contributed by atoms with Crippen LogP contribution in [0.4, 0.5) is 0 Å². The highest BCUT2D eigenvalue weighted by Gasteiger charge is 2.23. The van der Waals surface area contributed by atoms with Gasteiger partial charge in [-0.15, -0.1) is 0 Å². The Labute approximate surface area is 134 Å². The van der Waals surface area contributed by atoms with E-state index < -0.39 is 5.97 Å². The molecule has 0 aliphatic carbocycles. The summed E-state index contributed by atoms with van der Waals surface area (Å²) >= 11 is 0. The first-order chi connectivity index (χ1) is 11.2. The van der Waals surface area contributed by atoms with Gasteiger partial charge in [0.05, 0.1) is 18.8 Å². The lowest BCUT2D eigenvalue weighted by atomic mass is 10.2. The van der Waals surface area contributed by atoms with Gasteiger partial charge in [-0.25, -0.2) is 4.79 Å². The van der Waals surface area contributed by atoms with Gasteiger partial charge in [-0.3, -0.25) is 0 Å². The van der Waals surface area contributed by atoms with E-state index >= 15 is 0 Å². The van der Waals surface area contributed by atoms with Crippen LogP contribution in [0.15, 0.2) is 48.5 Å². The average molecular weight is 314 g/mol. The molecule has 1 heterocycles. The van der Waals surface area contributed by atoms with Crippen LogP contribution < -0.4 is 14.2 Å². The third-order valence-electron chi connectivity index (χ3n) is 3.27. The first-order valence-corrected chi connectivity index (χ1v) is 7.54. The van der Waals surface area contributed by atoms with Crippen LogP contribution in [-0.2, 0) is 4.74 Å². The van der Waals surface area contributed by atoms with Gasteiger partial charge in [-0.05, 0) is 55.5 Å². The largest absolute Gasteiger partial charge is 0.494 e. The fourth-order valence-corrected chi connectivity index (χ4v) is 1.98. The first kappa shape index (κ1) is 15.4. The van der Waals surface area contributed by atoms with Gasteiger partial charge >= 0.3 is 5.97 Å². The highest BCUT2D eigenvalue weighted by molar-refractivity contribution is 5.91. The van der Waals surface area contributed by atoms with Crippen molar-refractivity contribution in [1.82, 2.24) is 0 Å². The lowest BCUT2D eigenvalue weighted by molar-refractivity contribution is 0.0734. The predicted molar refractivity (Wildman–Crippen MR) is 84.2 cm³/mol. The van der Waals surface area contributed by atoms with Crippen molar-refractivity contribution in [2.24, 2.45) is 0 Å². The van der Waals surface area contributed by atoms with E-state index in [1.54, 1.807) is 48.5 Å². The van der Waals surface area contributed by atoms with Gasteiger partial charge in [0.1, 0.15) is 30.0 Å². The molecule has 2 aromatic rings. The standard InChI is InChI=1S/C18H18O5/c1-2-20-14-5-3-13(4-6-14)18(19)23-16-9-7-15(8-10-16)21-11-17-12-22-17/h3-10,17H,2,11-12H2,1H3. The Hall–Kier alpha value is -2.53. The third-order valence-corrected chi connectivity index (χ3v) is 3.27. The number of hydrogen-bond donors (Lipinski definition) is 0. The maximum absolute atomic E-state index is 12.1. The van der Waals surface area contributed by atoms with Gasteiger partial charge in [0.15, 0.2) is 0 Å². The van der Waals surface area contributed by atoms with Crippen molar-refractivity contribution < 1.29 is 23.7 Å². The molecule has 0 bridgehead atoms. The Kier molecular flexibility index (Phi) is 4.78. The zero-order valence-corrected chi connectivity index (χ0v) is 12.9. The van der Waals surface area contributed by atoms with Crippen molar-refractivity contribution >= 4 is 5.97 Å². The summed E-state index contributed by atoms with van der Waals surface area (Å²) in [4.78, 5) is 12.1. The second-order valence-electron chi connectivity index (χ2n) is 5.08. The van der Waals surface area contributed by atoms with Crippen LogP contribution in [-0.4, -0.2) is 31.9 Å². The molecule has 0 spiro atoms. The SMILES string of the molecule is CCOc1ccc(C(=O)Oc2ccc(OCC3CO3)cc2)cc1.